The van der Waals surface area contributed by atoms with Crippen LogP contribution in [0.15, 0.2) is 4.99 Å². The predicted octanol–water partition coefficient (Wildman–Crippen LogP) is -0.0681. The molecule has 0 saturated heterocycles. The molecule has 0 spiro atoms. The number of hydrogen-bond donors (Lipinski definition) is 2. The molecule has 0 aliphatic rings. The highest BCUT2D eigenvalue weighted by Crippen LogP contribution is 1.87. The van der Waals surface area contributed by atoms with E-state index in [0.29, 0.717) is 4.99 Å². The summed E-state index contributed by atoms with van der Waals surface area (Å²) in [5.74, 6) is 0.221. The first kappa shape index (κ1) is 10.0. The Bertz CT molecular complexity index is 215. The molecule has 0 saturated carbocycles. The van der Waals surface area contributed by atoms with Crippen LogP contribution in [0, 0.1) is 11.3 Å². The largest absolute Gasteiger partial charge is 0.386 e. The fourth-order valence-corrected chi connectivity index (χ4v) is 0.573. The molecule has 0 aliphatic carbocycles. The number of nitrogens with two attached hydrogens (primary N) is 2. The Kier molecular flexibility index (Phi) is 4.34. The molecular weight excluding hydrogens is 160 g/mol. The van der Waals surface area contributed by atoms with Crippen molar-refractivity contribution in [1.82, 2.24) is 0 Å². The second kappa shape index (κ2) is 4.77. The van der Waals surface area contributed by atoms with Gasteiger partial charge in [0, 0.05) is 0 Å². The van der Waals surface area contributed by atoms with Gasteiger partial charge in [-0.05, 0) is 6.92 Å². The maximum Gasteiger partial charge on any atom is 0.118 e. The molecule has 0 aromatic carbocycles. The zero-order chi connectivity index (χ0) is 8.85. The SMILES string of the molecule is CC(=S)N=C(N)C(N)CC#N. The molecule has 60 valence electrons. The van der Waals surface area contributed by atoms with Gasteiger partial charge in [-0.2, -0.15) is 5.26 Å². The number of nitriles is 1. The van der Waals surface area contributed by atoms with E-state index in [9.17, 15) is 0 Å². The van der Waals surface area contributed by atoms with Crippen LogP contribution in [0.2, 0.25) is 0 Å². The minimum atomic E-state index is -0.502. The van der Waals surface area contributed by atoms with Crippen molar-refractivity contribution in [2.45, 2.75) is 19.4 Å². The molecule has 0 bridgehead atoms. The summed E-state index contributed by atoms with van der Waals surface area (Å²) in [5, 5.41) is 8.25. The van der Waals surface area contributed by atoms with Crippen LogP contribution in [0.5, 0.6) is 0 Å². The fraction of sp³-hybridized carbons (Fsp3) is 0.500. The van der Waals surface area contributed by atoms with E-state index >= 15 is 0 Å². The number of amidine groups is 1. The zero-order valence-corrected chi connectivity index (χ0v) is 7.06. The first-order chi connectivity index (χ1) is 5.07. The summed E-state index contributed by atoms with van der Waals surface area (Å²) in [5.41, 5.74) is 10.8. The van der Waals surface area contributed by atoms with E-state index < -0.39 is 6.04 Å². The van der Waals surface area contributed by atoms with Crippen LogP contribution in [0.4, 0.5) is 0 Å². The number of rotatable bonds is 2. The number of aliphatic imine (C=N–C) groups is 1. The topological polar surface area (TPSA) is 88.2 Å². The highest BCUT2D eigenvalue weighted by atomic mass is 32.1. The van der Waals surface area contributed by atoms with Crippen molar-refractivity contribution >= 4 is 23.0 Å². The van der Waals surface area contributed by atoms with Crippen molar-refractivity contribution in [1.29, 1.82) is 5.26 Å². The summed E-state index contributed by atoms with van der Waals surface area (Å²) in [6.07, 6.45) is 0.165. The average Bonchev–Trinajstić information content (AvgIpc) is 1.86. The van der Waals surface area contributed by atoms with Crippen LogP contribution >= 0.6 is 12.2 Å². The van der Waals surface area contributed by atoms with Gasteiger partial charge < -0.3 is 11.5 Å². The van der Waals surface area contributed by atoms with E-state index in [4.69, 9.17) is 16.7 Å². The van der Waals surface area contributed by atoms with Crippen LogP contribution in [0.1, 0.15) is 13.3 Å². The molecule has 0 aromatic rings. The fourth-order valence-electron chi connectivity index (χ4n) is 0.468. The van der Waals surface area contributed by atoms with Gasteiger partial charge in [-0.1, -0.05) is 12.2 Å². The summed E-state index contributed by atoms with van der Waals surface area (Å²) in [4.78, 5) is 4.17. The molecule has 1 unspecified atom stereocenters. The van der Waals surface area contributed by atoms with Crippen LogP contribution in [0.3, 0.4) is 0 Å². The van der Waals surface area contributed by atoms with Crippen molar-refractivity contribution in [3.63, 3.8) is 0 Å². The Hall–Kier alpha value is -0.990. The van der Waals surface area contributed by atoms with Gasteiger partial charge in [-0.15, -0.1) is 0 Å². The van der Waals surface area contributed by atoms with Crippen LogP contribution in [0.25, 0.3) is 0 Å². The number of nitrogens with zero attached hydrogens (tertiary/aromatic N) is 2. The molecule has 0 aliphatic heterocycles. The molecular formula is C6H10N4S. The lowest BCUT2D eigenvalue weighted by Gasteiger charge is -2.04. The Labute approximate surface area is 70.9 Å². The van der Waals surface area contributed by atoms with E-state index in [1.165, 1.54) is 0 Å². The average molecular weight is 170 g/mol. The van der Waals surface area contributed by atoms with Gasteiger partial charge in [-0.3, -0.25) is 0 Å². The maximum absolute atomic E-state index is 8.25. The third kappa shape index (κ3) is 4.42. The van der Waals surface area contributed by atoms with Crippen molar-refractivity contribution in [3.05, 3.63) is 0 Å². The molecule has 0 heterocycles. The van der Waals surface area contributed by atoms with Gasteiger partial charge in [0.1, 0.15) is 10.8 Å². The normalized spacial score (nSPS) is 13.7. The van der Waals surface area contributed by atoms with Gasteiger partial charge in [0.2, 0.25) is 0 Å². The first-order valence-electron chi connectivity index (χ1n) is 3.05. The highest BCUT2D eigenvalue weighted by molar-refractivity contribution is 7.80. The summed E-state index contributed by atoms with van der Waals surface area (Å²) in [6, 6.07) is 1.39. The van der Waals surface area contributed by atoms with Crippen LogP contribution < -0.4 is 11.5 Å². The Morgan fingerprint density at radius 3 is 2.73 bits per heavy atom. The zero-order valence-electron chi connectivity index (χ0n) is 6.24. The van der Waals surface area contributed by atoms with Gasteiger partial charge in [0.25, 0.3) is 0 Å². The number of hydrogen-bond acceptors (Lipinski definition) is 3. The first-order valence-corrected chi connectivity index (χ1v) is 3.46. The number of thiocarbonyl (C=S) groups is 1. The second-order valence-electron chi connectivity index (χ2n) is 2.02. The van der Waals surface area contributed by atoms with Crippen molar-refractivity contribution in [2.75, 3.05) is 0 Å². The maximum atomic E-state index is 8.25. The quantitative estimate of drug-likeness (QED) is 0.345. The third-order valence-electron chi connectivity index (χ3n) is 0.978. The molecule has 4 N–H and O–H groups in total. The van der Waals surface area contributed by atoms with Crippen molar-refractivity contribution in [3.8, 4) is 6.07 Å². The Morgan fingerprint density at radius 1 is 1.82 bits per heavy atom. The molecule has 4 nitrogen and oxygen atoms in total. The molecule has 0 fully saturated rings. The van der Waals surface area contributed by atoms with Gasteiger partial charge in [0.15, 0.2) is 0 Å². The van der Waals surface area contributed by atoms with Crippen molar-refractivity contribution in [2.24, 2.45) is 16.5 Å². The molecule has 0 amide bonds. The van der Waals surface area contributed by atoms with E-state index in [1.54, 1.807) is 6.92 Å². The molecule has 0 radical (unpaired) electrons. The van der Waals surface area contributed by atoms with Gasteiger partial charge in [0.05, 0.1) is 18.5 Å². The lowest BCUT2D eigenvalue weighted by molar-refractivity contribution is 0.876. The molecule has 11 heavy (non-hydrogen) atoms. The summed E-state index contributed by atoms with van der Waals surface area (Å²) in [6.45, 7) is 1.64. The summed E-state index contributed by atoms with van der Waals surface area (Å²) >= 11 is 4.67. The standard InChI is InChI=1S/C6H10N4S/c1-4(11)10-6(9)5(8)2-3-7/h5H,2,8H2,1H3,(H2,9,10,11). The van der Waals surface area contributed by atoms with Crippen molar-refractivity contribution < 1.29 is 0 Å². The Morgan fingerprint density at radius 2 is 2.36 bits per heavy atom. The van der Waals surface area contributed by atoms with E-state index in [0.717, 1.165) is 0 Å². The second-order valence-corrected chi connectivity index (χ2v) is 2.62. The summed E-state index contributed by atoms with van der Waals surface area (Å²) in [7, 11) is 0. The molecule has 0 rings (SSSR count). The lowest BCUT2D eigenvalue weighted by Crippen LogP contribution is -2.36. The van der Waals surface area contributed by atoms with Crippen LogP contribution in [-0.2, 0) is 0 Å². The monoisotopic (exact) mass is 170 g/mol. The van der Waals surface area contributed by atoms with E-state index in [2.05, 4.69) is 17.2 Å². The smallest absolute Gasteiger partial charge is 0.118 e. The minimum Gasteiger partial charge on any atom is -0.386 e. The minimum absolute atomic E-state index is 0.165. The highest BCUT2D eigenvalue weighted by Gasteiger charge is 2.05. The van der Waals surface area contributed by atoms with Crippen LogP contribution in [-0.4, -0.2) is 16.9 Å². The van der Waals surface area contributed by atoms with Gasteiger partial charge in [-0.25, -0.2) is 4.99 Å². The Balaban J connectivity index is 4.13. The summed E-state index contributed by atoms with van der Waals surface area (Å²) < 4.78 is 0. The molecule has 5 heteroatoms. The van der Waals surface area contributed by atoms with E-state index in [1.807, 2.05) is 6.07 Å². The lowest BCUT2D eigenvalue weighted by atomic mass is 10.2. The predicted molar refractivity (Wildman–Crippen MR) is 48.1 cm³/mol. The molecule has 1 atom stereocenters. The molecule has 0 aromatic heterocycles. The van der Waals surface area contributed by atoms with E-state index in [-0.39, 0.29) is 12.3 Å². The van der Waals surface area contributed by atoms with Gasteiger partial charge >= 0.3 is 0 Å². The third-order valence-corrected chi connectivity index (χ3v) is 1.07.